The zero-order chi connectivity index (χ0) is 11.3. The molecule has 0 fully saturated rings. The van der Waals surface area contributed by atoms with Gasteiger partial charge in [-0.1, -0.05) is 45.9 Å². The van der Waals surface area contributed by atoms with Gasteiger partial charge in [-0.05, 0) is 11.6 Å². The summed E-state index contributed by atoms with van der Waals surface area (Å²) in [5.41, 5.74) is 1.41. The Balaban J connectivity index is 2.68. The van der Waals surface area contributed by atoms with Crippen LogP contribution in [0.25, 0.3) is 0 Å². The quantitative estimate of drug-likeness (QED) is 0.764. The minimum atomic E-state index is 0.544. The maximum absolute atomic E-state index is 3.46. The molecule has 1 rings (SSSR count). The van der Waals surface area contributed by atoms with Gasteiger partial charge in [-0.2, -0.15) is 0 Å². The Kier molecular flexibility index (Phi) is 5.20. The van der Waals surface area contributed by atoms with E-state index in [2.05, 4.69) is 57.3 Å². The molecule has 0 radical (unpaired) electrons. The van der Waals surface area contributed by atoms with E-state index in [0.717, 1.165) is 6.54 Å². The molecule has 15 heavy (non-hydrogen) atoms. The highest BCUT2D eigenvalue weighted by Crippen LogP contribution is 2.26. The van der Waals surface area contributed by atoms with Crippen molar-refractivity contribution in [1.29, 1.82) is 0 Å². The van der Waals surface area contributed by atoms with Crippen molar-refractivity contribution >= 4 is 11.8 Å². The molecule has 0 aliphatic rings. The van der Waals surface area contributed by atoms with E-state index in [1.807, 2.05) is 11.8 Å². The molecule has 0 bridgehead atoms. The molecule has 0 saturated heterocycles. The number of nitrogens with one attached hydrogen (secondary N) is 1. The third-order valence-electron chi connectivity index (χ3n) is 2.04. The topological polar surface area (TPSA) is 12.0 Å². The molecule has 1 aromatic rings. The first kappa shape index (κ1) is 12.6. The Bertz CT molecular complexity index is 294. The van der Waals surface area contributed by atoms with Crippen LogP contribution in [0.15, 0.2) is 29.2 Å². The first-order valence-corrected chi connectivity index (χ1v) is 6.45. The third kappa shape index (κ3) is 4.72. The second kappa shape index (κ2) is 6.19. The third-order valence-corrected chi connectivity index (χ3v) is 3.16. The van der Waals surface area contributed by atoms with Crippen molar-refractivity contribution in [2.45, 2.75) is 50.4 Å². The molecule has 0 aliphatic heterocycles. The van der Waals surface area contributed by atoms with E-state index < -0.39 is 0 Å². The van der Waals surface area contributed by atoms with E-state index in [9.17, 15) is 0 Å². The van der Waals surface area contributed by atoms with Crippen LogP contribution < -0.4 is 5.32 Å². The van der Waals surface area contributed by atoms with Crippen LogP contribution in [0.4, 0.5) is 0 Å². The highest BCUT2D eigenvalue weighted by molar-refractivity contribution is 8.00. The van der Waals surface area contributed by atoms with Crippen molar-refractivity contribution in [3.05, 3.63) is 29.8 Å². The molecule has 2 heteroatoms. The van der Waals surface area contributed by atoms with E-state index in [0.29, 0.717) is 11.3 Å². The van der Waals surface area contributed by atoms with Gasteiger partial charge in [0.05, 0.1) is 0 Å². The van der Waals surface area contributed by atoms with Gasteiger partial charge in [0.1, 0.15) is 0 Å². The fourth-order valence-electron chi connectivity index (χ4n) is 1.33. The van der Waals surface area contributed by atoms with Crippen molar-refractivity contribution in [2.24, 2.45) is 0 Å². The van der Waals surface area contributed by atoms with Crippen LogP contribution in [0, 0.1) is 0 Å². The summed E-state index contributed by atoms with van der Waals surface area (Å²) in [4.78, 5) is 1.40. The minimum absolute atomic E-state index is 0.544. The van der Waals surface area contributed by atoms with Crippen molar-refractivity contribution in [3.63, 3.8) is 0 Å². The average molecular weight is 223 g/mol. The summed E-state index contributed by atoms with van der Waals surface area (Å²) in [5.74, 6) is 0. The molecule has 1 aromatic carbocycles. The lowest BCUT2D eigenvalue weighted by atomic mass is 10.2. The Morgan fingerprint density at radius 2 is 1.80 bits per heavy atom. The fourth-order valence-corrected chi connectivity index (χ4v) is 2.29. The molecular formula is C13H21NS. The first-order chi connectivity index (χ1) is 7.09. The van der Waals surface area contributed by atoms with E-state index in [1.165, 1.54) is 10.5 Å². The molecule has 0 amide bonds. The zero-order valence-corrected chi connectivity index (χ0v) is 10.9. The summed E-state index contributed by atoms with van der Waals surface area (Å²) < 4.78 is 0. The van der Waals surface area contributed by atoms with Gasteiger partial charge in [-0.3, -0.25) is 0 Å². The van der Waals surface area contributed by atoms with Crippen LogP contribution >= 0.6 is 11.8 Å². The summed E-state index contributed by atoms with van der Waals surface area (Å²) in [6.07, 6.45) is 0. The smallest absolute Gasteiger partial charge is 0.0218 e. The molecule has 1 N–H and O–H groups in total. The molecular weight excluding hydrogens is 202 g/mol. The first-order valence-electron chi connectivity index (χ1n) is 5.57. The summed E-state index contributed by atoms with van der Waals surface area (Å²) in [5, 5.41) is 4.11. The van der Waals surface area contributed by atoms with E-state index in [-0.39, 0.29) is 0 Å². The van der Waals surface area contributed by atoms with Gasteiger partial charge in [-0.25, -0.2) is 0 Å². The van der Waals surface area contributed by atoms with Crippen molar-refractivity contribution in [2.75, 3.05) is 0 Å². The van der Waals surface area contributed by atoms with Crippen molar-refractivity contribution in [1.82, 2.24) is 5.32 Å². The molecule has 0 unspecified atom stereocenters. The maximum atomic E-state index is 3.46. The van der Waals surface area contributed by atoms with Crippen LogP contribution in [-0.2, 0) is 6.54 Å². The van der Waals surface area contributed by atoms with E-state index >= 15 is 0 Å². The van der Waals surface area contributed by atoms with Crippen molar-refractivity contribution < 1.29 is 0 Å². The van der Waals surface area contributed by atoms with Crippen LogP contribution in [0.2, 0.25) is 0 Å². The van der Waals surface area contributed by atoms with Gasteiger partial charge in [0, 0.05) is 22.7 Å². The Morgan fingerprint density at radius 3 is 2.40 bits per heavy atom. The molecule has 0 aromatic heterocycles. The normalized spacial score (nSPS) is 11.3. The Morgan fingerprint density at radius 1 is 1.13 bits per heavy atom. The predicted octanol–water partition coefficient (Wildman–Crippen LogP) is 3.69. The van der Waals surface area contributed by atoms with Gasteiger partial charge in [0.2, 0.25) is 0 Å². The summed E-state index contributed by atoms with van der Waals surface area (Å²) in [7, 11) is 0. The van der Waals surface area contributed by atoms with Gasteiger partial charge in [-0.15, -0.1) is 11.8 Å². The largest absolute Gasteiger partial charge is 0.310 e. The lowest BCUT2D eigenvalue weighted by Crippen LogP contribution is -2.22. The zero-order valence-electron chi connectivity index (χ0n) is 10.1. The summed E-state index contributed by atoms with van der Waals surface area (Å²) in [6.45, 7) is 9.79. The van der Waals surface area contributed by atoms with Crippen LogP contribution in [0.1, 0.15) is 33.3 Å². The molecule has 1 nitrogen and oxygen atoms in total. The van der Waals surface area contributed by atoms with Crippen LogP contribution in [0.3, 0.4) is 0 Å². The Labute approximate surface area is 97.7 Å². The molecule has 0 spiro atoms. The molecule has 0 saturated carbocycles. The van der Waals surface area contributed by atoms with Gasteiger partial charge in [0.15, 0.2) is 0 Å². The fraction of sp³-hybridized carbons (Fsp3) is 0.538. The van der Waals surface area contributed by atoms with E-state index in [4.69, 9.17) is 0 Å². The number of benzene rings is 1. The minimum Gasteiger partial charge on any atom is -0.310 e. The second-order valence-corrected chi connectivity index (χ2v) is 5.93. The predicted molar refractivity (Wildman–Crippen MR) is 69.4 cm³/mol. The maximum Gasteiger partial charge on any atom is 0.0218 e. The standard InChI is InChI=1S/C13H21NS/c1-10(2)14-9-12-7-5-6-8-13(12)15-11(3)4/h5-8,10-11,14H,9H2,1-4H3. The number of rotatable bonds is 5. The molecule has 0 aliphatic carbocycles. The average Bonchev–Trinajstić information content (AvgIpc) is 2.15. The van der Waals surface area contributed by atoms with E-state index in [1.54, 1.807) is 0 Å². The summed E-state index contributed by atoms with van der Waals surface area (Å²) in [6, 6.07) is 9.19. The number of hydrogen-bond acceptors (Lipinski definition) is 2. The summed E-state index contributed by atoms with van der Waals surface area (Å²) >= 11 is 1.94. The Hall–Kier alpha value is -0.470. The lowest BCUT2D eigenvalue weighted by molar-refractivity contribution is 0.584. The van der Waals surface area contributed by atoms with Gasteiger partial charge in [0.25, 0.3) is 0 Å². The lowest BCUT2D eigenvalue weighted by Gasteiger charge is -2.13. The monoisotopic (exact) mass is 223 g/mol. The van der Waals surface area contributed by atoms with Crippen LogP contribution in [0.5, 0.6) is 0 Å². The van der Waals surface area contributed by atoms with Gasteiger partial charge >= 0.3 is 0 Å². The molecule has 84 valence electrons. The SMILES string of the molecule is CC(C)NCc1ccccc1SC(C)C. The van der Waals surface area contributed by atoms with Gasteiger partial charge < -0.3 is 5.32 Å². The number of hydrogen-bond donors (Lipinski definition) is 1. The molecule has 0 heterocycles. The number of thioether (sulfide) groups is 1. The van der Waals surface area contributed by atoms with Crippen LogP contribution in [-0.4, -0.2) is 11.3 Å². The van der Waals surface area contributed by atoms with Crippen molar-refractivity contribution in [3.8, 4) is 0 Å². The highest BCUT2D eigenvalue weighted by atomic mass is 32.2. The second-order valence-electron chi connectivity index (χ2n) is 4.31. The highest BCUT2D eigenvalue weighted by Gasteiger charge is 2.04. The molecule has 0 atom stereocenters.